The number of ether oxygens (including phenoxy) is 2. The molecule has 0 aliphatic heterocycles. The van der Waals surface area contributed by atoms with Crippen molar-refractivity contribution >= 4 is 11.0 Å². The lowest BCUT2D eigenvalue weighted by atomic mass is 10.2. The van der Waals surface area contributed by atoms with E-state index < -0.39 is 0 Å². The summed E-state index contributed by atoms with van der Waals surface area (Å²) in [5.74, 6) is 1.05. The Bertz CT molecular complexity index is 542. The molecule has 0 atom stereocenters. The van der Waals surface area contributed by atoms with Gasteiger partial charge in [0.05, 0.1) is 20.5 Å². The molecule has 0 saturated carbocycles. The van der Waals surface area contributed by atoms with Gasteiger partial charge in [-0.3, -0.25) is 4.79 Å². The van der Waals surface area contributed by atoms with E-state index in [2.05, 4.69) is 0 Å². The fourth-order valence-corrected chi connectivity index (χ4v) is 1.43. The van der Waals surface area contributed by atoms with E-state index in [4.69, 9.17) is 13.9 Å². The van der Waals surface area contributed by atoms with Crippen LogP contribution >= 0.6 is 0 Å². The Kier molecular flexibility index (Phi) is 2.33. The van der Waals surface area contributed by atoms with Gasteiger partial charge < -0.3 is 13.9 Å². The summed E-state index contributed by atoms with van der Waals surface area (Å²) in [6.45, 7) is 0. The highest BCUT2D eigenvalue weighted by Gasteiger charge is 2.09. The second kappa shape index (κ2) is 3.65. The highest BCUT2D eigenvalue weighted by atomic mass is 16.5. The summed E-state index contributed by atoms with van der Waals surface area (Å²) in [7, 11) is 3.04. The molecule has 0 aliphatic rings. The van der Waals surface area contributed by atoms with Crippen LogP contribution in [-0.2, 0) is 0 Å². The smallest absolute Gasteiger partial charge is 0.196 e. The molecule has 0 unspecified atom stereocenters. The lowest BCUT2D eigenvalue weighted by Gasteiger charge is -2.06. The molecule has 1 aromatic heterocycles. The van der Waals surface area contributed by atoms with Gasteiger partial charge in [0.2, 0.25) is 0 Å². The van der Waals surface area contributed by atoms with Crippen LogP contribution in [0.5, 0.6) is 11.5 Å². The molecule has 0 bridgehead atoms. The summed E-state index contributed by atoms with van der Waals surface area (Å²) in [5.41, 5.74) is 0.328. The van der Waals surface area contributed by atoms with Crippen molar-refractivity contribution in [1.29, 1.82) is 0 Å². The van der Waals surface area contributed by atoms with Gasteiger partial charge >= 0.3 is 0 Å². The van der Waals surface area contributed by atoms with E-state index in [9.17, 15) is 4.79 Å². The van der Waals surface area contributed by atoms with Crippen LogP contribution in [0.4, 0.5) is 0 Å². The average molecular weight is 206 g/mol. The molecule has 0 spiro atoms. The summed E-state index contributed by atoms with van der Waals surface area (Å²) in [6.07, 6.45) is 1.35. The van der Waals surface area contributed by atoms with Crippen molar-refractivity contribution in [3.63, 3.8) is 0 Å². The molecule has 0 saturated heterocycles. The Hall–Kier alpha value is -1.97. The SMILES string of the molecule is COc1cc(OC)c2c(=O)ccoc2c1. The summed E-state index contributed by atoms with van der Waals surface area (Å²) >= 11 is 0. The molecule has 2 aromatic rings. The lowest BCUT2D eigenvalue weighted by molar-refractivity contribution is 0.396. The Morgan fingerprint density at radius 2 is 2.00 bits per heavy atom. The molecule has 0 fully saturated rings. The highest BCUT2D eigenvalue weighted by molar-refractivity contribution is 5.84. The van der Waals surface area contributed by atoms with Crippen LogP contribution in [0.15, 0.2) is 33.7 Å². The molecule has 1 heterocycles. The van der Waals surface area contributed by atoms with Crippen LogP contribution in [0.2, 0.25) is 0 Å². The molecule has 2 rings (SSSR count). The second-order valence-corrected chi connectivity index (χ2v) is 2.99. The van der Waals surface area contributed by atoms with Crippen LogP contribution in [-0.4, -0.2) is 14.2 Å². The largest absolute Gasteiger partial charge is 0.496 e. The highest BCUT2D eigenvalue weighted by Crippen LogP contribution is 2.28. The number of hydrogen-bond acceptors (Lipinski definition) is 4. The summed E-state index contributed by atoms with van der Waals surface area (Å²) < 4.78 is 15.4. The number of fused-ring (bicyclic) bond motifs is 1. The molecule has 4 heteroatoms. The van der Waals surface area contributed by atoms with Gasteiger partial charge in [-0.1, -0.05) is 0 Å². The third-order valence-electron chi connectivity index (χ3n) is 2.16. The molecule has 0 amide bonds. The summed E-state index contributed by atoms with van der Waals surface area (Å²) in [6, 6.07) is 4.66. The predicted octanol–water partition coefficient (Wildman–Crippen LogP) is 1.81. The van der Waals surface area contributed by atoms with E-state index in [0.29, 0.717) is 22.5 Å². The fraction of sp³-hybridized carbons (Fsp3) is 0.182. The summed E-state index contributed by atoms with van der Waals surface area (Å²) in [4.78, 5) is 11.6. The van der Waals surface area contributed by atoms with Gasteiger partial charge in [-0.05, 0) is 0 Å². The van der Waals surface area contributed by atoms with Crippen molar-refractivity contribution in [2.45, 2.75) is 0 Å². The number of rotatable bonds is 2. The van der Waals surface area contributed by atoms with Crippen LogP contribution in [0, 0.1) is 0 Å². The minimum absolute atomic E-state index is 0.129. The zero-order valence-electron chi connectivity index (χ0n) is 8.44. The first kappa shape index (κ1) is 9.58. The molecule has 0 radical (unpaired) electrons. The fourth-order valence-electron chi connectivity index (χ4n) is 1.43. The van der Waals surface area contributed by atoms with Crippen molar-refractivity contribution < 1.29 is 13.9 Å². The van der Waals surface area contributed by atoms with E-state index in [0.717, 1.165) is 0 Å². The van der Waals surface area contributed by atoms with E-state index in [1.165, 1.54) is 19.4 Å². The maximum absolute atomic E-state index is 11.6. The van der Waals surface area contributed by atoms with E-state index in [1.54, 1.807) is 19.2 Å². The normalized spacial score (nSPS) is 10.3. The Morgan fingerprint density at radius 1 is 1.20 bits per heavy atom. The first-order valence-electron chi connectivity index (χ1n) is 4.40. The molecule has 0 aliphatic carbocycles. The van der Waals surface area contributed by atoms with Gasteiger partial charge in [-0.15, -0.1) is 0 Å². The Balaban J connectivity index is 2.87. The zero-order valence-corrected chi connectivity index (χ0v) is 8.44. The van der Waals surface area contributed by atoms with Gasteiger partial charge in [-0.2, -0.15) is 0 Å². The average Bonchev–Trinajstić information content (AvgIpc) is 2.27. The quantitative estimate of drug-likeness (QED) is 0.751. The molecule has 15 heavy (non-hydrogen) atoms. The van der Waals surface area contributed by atoms with Crippen LogP contribution in [0.3, 0.4) is 0 Å². The minimum atomic E-state index is -0.129. The van der Waals surface area contributed by atoms with E-state index in [-0.39, 0.29) is 5.43 Å². The standard InChI is InChI=1S/C11H10O4/c1-13-7-5-9(14-2)11-8(12)3-4-15-10(11)6-7/h3-6H,1-2H3. The van der Waals surface area contributed by atoms with Crippen LogP contribution in [0.25, 0.3) is 11.0 Å². The Morgan fingerprint density at radius 3 is 2.67 bits per heavy atom. The van der Waals surface area contributed by atoms with Gasteiger partial charge in [-0.25, -0.2) is 0 Å². The van der Waals surface area contributed by atoms with E-state index >= 15 is 0 Å². The van der Waals surface area contributed by atoms with Gasteiger partial charge in [0.15, 0.2) is 5.43 Å². The molecule has 4 nitrogen and oxygen atoms in total. The van der Waals surface area contributed by atoms with Crippen molar-refractivity contribution in [2.75, 3.05) is 14.2 Å². The first-order chi connectivity index (χ1) is 7.26. The number of methoxy groups -OCH3 is 2. The molecular weight excluding hydrogens is 196 g/mol. The molecule has 1 aromatic carbocycles. The van der Waals surface area contributed by atoms with Gasteiger partial charge in [0.1, 0.15) is 22.5 Å². The topological polar surface area (TPSA) is 48.7 Å². The maximum Gasteiger partial charge on any atom is 0.196 e. The second-order valence-electron chi connectivity index (χ2n) is 2.99. The maximum atomic E-state index is 11.6. The van der Waals surface area contributed by atoms with E-state index in [1.807, 2.05) is 0 Å². The first-order valence-corrected chi connectivity index (χ1v) is 4.40. The zero-order chi connectivity index (χ0) is 10.8. The third-order valence-corrected chi connectivity index (χ3v) is 2.16. The molecular formula is C11H10O4. The molecule has 78 valence electrons. The number of hydrogen-bond donors (Lipinski definition) is 0. The van der Waals surface area contributed by atoms with Gasteiger partial charge in [0.25, 0.3) is 0 Å². The Labute approximate surface area is 86.0 Å². The van der Waals surface area contributed by atoms with Crippen molar-refractivity contribution in [3.8, 4) is 11.5 Å². The van der Waals surface area contributed by atoms with Crippen molar-refractivity contribution in [1.82, 2.24) is 0 Å². The summed E-state index contributed by atoms with van der Waals surface area (Å²) in [5, 5.41) is 0.431. The third kappa shape index (κ3) is 1.54. The number of benzene rings is 1. The molecule has 0 N–H and O–H groups in total. The van der Waals surface area contributed by atoms with Gasteiger partial charge in [0, 0.05) is 18.2 Å². The van der Waals surface area contributed by atoms with Crippen molar-refractivity contribution in [3.05, 3.63) is 34.7 Å². The van der Waals surface area contributed by atoms with Crippen molar-refractivity contribution in [2.24, 2.45) is 0 Å². The monoisotopic (exact) mass is 206 g/mol. The minimum Gasteiger partial charge on any atom is -0.496 e. The lowest BCUT2D eigenvalue weighted by Crippen LogP contribution is -2.01. The predicted molar refractivity (Wildman–Crippen MR) is 55.6 cm³/mol. The van der Waals surface area contributed by atoms with Crippen LogP contribution < -0.4 is 14.9 Å². The van der Waals surface area contributed by atoms with Crippen LogP contribution in [0.1, 0.15) is 0 Å².